The number of carbonyl (C=O) groups excluding carboxylic acids is 3. The van der Waals surface area contributed by atoms with Crippen LogP contribution in [0.2, 0.25) is 0 Å². The number of hydrogen-bond acceptors (Lipinski definition) is 5. The summed E-state index contributed by atoms with van der Waals surface area (Å²) in [5, 5.41) is 1.81. The van der Waals surface area contributed by atoms with Gasteiger partial charge < -0.3 is 15.0 Å². The number of hydrogen-bond donors (Lipinski definition) is 1. The smallest absolute Gasteiger partial charge is 0.330 e. The topological polar surface area (TPSA) is 92.8 Å². The molecule has 0 aliphatic carbocycles. The van der Waals surface area contributed by atoms with Gasteiger partial charge in [0, 0.05) is 0 Å². The molecule has 11 heteroatoms. The number of nitrogens with zero attached hydrogens (tertiary/aromatic N) is 1. The number of carbonyl (C=O) groups is 3. The van der Waals surface area contributed by atoms with Gasteiger partial charge in [-0.1, -0.05) is 65.1 Å². The van der Waals surface area contributed by atoms with E-state index in [1.165, 1.54) is 4.90 Å². The van der Waals surface area contributed by atoms with Gasteiger partial charge in [-0.15, -0.1) is 0 Å². The summed E-state index contributed by atoms with van der Waals surface area (Å²) >= 11 is 16.8. The van der Waals surface area contributed by atoms with E-state index in [4.69, 9.17) is 39.5 Å². The first-order valence-electron chi connectivity index (χ1n) is 8.73. The van der Waals surface area contributed by atoms with Gasteiger partial charge in [0.15, 0.2) is 0 Å². The molecule has 0 bridgehead atoms. The van der Waals surface area contributed by atoms with Gasteiger partial charge in [0.25, 0.3) is 0 Å². The summed E-state index contributed by atoms with van der Waals surface area (Å²) in [6, 6.07) is 6.97. The molecule has 1 N–H and O–H groups in total. The quantitative estimate of drug-likeness (QED) is 0.393. The highest BCUT2D eigenvalue weighted by Gasteiger charge is 2.68. The van der Waals surface area contributed by atoms with E-state index in [-0.39, 0.29) is 12.3 Å². The predicted molar refractivity (Wildman–Crippen MR) is 110 cm³/mol. The molecule has 0 radical (unpaired) electrons. The molecular formula is C18H19Cl3N2O5S. The van der Waals surface area contributed by atoms with Gasteiger partial charge in [-0.05, 0) is 19.4 Å². The number of rotatable bonds is 5. The summed E-state index contributed by atoms with van der Waals surface area (Å²) in [6.45, 7) is 2.69. The van der Waals surface area contributed by atoms with Crippen molar-refractivity contribution in [2.24, 2.45) is 0 Å². The van der Waals surface area contributed by atoms with Crippen molar-refractivity contribution in [3.63, 3.8) is 0 Å². The van der Waals surface area contributed by atoms with E-state index < -0.39 is 55.3 Å². The summed E-state index contributed by atoms with van der Waals surface area (Å²) in [5.74, 6) is -1.67. The Morgan fingerprint density at radius 2 is 1.86 bits per heavy atom. The minimum atomic E-state index is -1.80. The summed E-state index contributed by atoms with van der Waals surface area (Å²) in [5.41, 5.74) is 0.787. The maximum atomic E-state index is 13.0. The normalized spacial score (nSPS) is 27.8. The third-order valence-electron chi connectivity index (χ3n) is 4.88. The summed E-state index contributed by atoms with van der Waals surface area (Å²) in [7, 11) is -1.62. The van der Waals surface area contributed by atoms with E-state index in [0.717, 1.165) is 5.56 Å². The highest BCUT2D eigenvalue weighted by molar-refractivity contribution is 7.87. The van der Waals surface area contributed by atoms with Crippen molar-refractivity contribution >= 4 is 63.4 Å². The van der Waals surface area contributed by atoms with Crippen LogP contribution in [0.4, 0.5) is 0 Å². The van der Waals surface area contributed by atoms with Crippen molar-refractivity contribution in [2.75, 3.05) is 6.61 Å². The average Bonchev–Trinajstić information content (AvgIpc) is 2.82. The second kappa shape index (κ2) is 8.06. The van der Waals surface area contributed by atoms with Crippen LogP contribution in [-0.4, -0.2) is 59.5 Å². The van der Waals surface area contributed by atoms with E-state index in [1.54, 1.807) is 38.1 Å². The Labute approximate surface area is 185 Å². The van der Waals surface area contributed by atoms with Crippen molar-refractivity contribution < 1.29 is 23.3 Å². The fraction of sp³-hybridized carbons (Fsp3) is 0.500. The first-order chi connectivity index (χ1) is 13.4. The third-order valence-corrected chi connectivity index (χ3v) is 7.41. The zero-order valence-electron chi connectivity index (χ0n) is 15.6. The Kier molecular flexibility index (Phi) is 6.21. The molecule has 4 atom stereocenters. The van der Waals surface area contributed by atoms with Crippen LogP contribution in [0.3, 0.4) is 0 Å². The van der Waals surface area contributed by atoms with Gasteiger partial charge in [-0.25, -0.2) is 4.79 Å². The number of amides is 2. The first-order valence-corrected chi connectivity index (χ1v) is 11.1. The van der Waals surface area contributed by atoms with Gasteiger partial charge in [-0.3, -0.25) is 13.8 Å². The monoisotopic (exact) mass is 480 g/mol. The van der Waals surface area contributed by atoms with Crippen molar-refractivity contribution in [1.82, 2.24) is 10.2 Å². The molecular weight excluding hydrogens is 463 g/mol. The van der Waals surface area contributed by atoms with Gasteiger partial charge in [0.1, 0.15) is 24.1 Å². The van der Waals surface area contributed by atoms with Crippen LogP contribution in [-0.2, 0) is 36.3 Å². The molecule has 3 rings (SSSR count). The largest absolute Gasteiger partial charge is 0.460 e. The van der Waals surface area contributed by atoms with Gasteiger partial charge in [0.2, 0.25) is 15.6 Å². The minimum absolute atomic E-state index is 0.0854. The molecule has 7 nitrogen and oxygen atoms in total. The zero-order chi connectivity index (χ0) is 21.6. The van der Waals surface area contributed by atoms with Crippen LogP contribution >= 0.6 is 34.8 Å². The van der Waals surface area contributed by atoms with Crippen LogP contribution in [0, 0.1) is 0 Å². The number of esters is 1. The highest BCUT2D eigenvalue weighted by atomic mass is 35.6. The molecule has 0 unspecified atom stereocenters. The van der Waals surface area contributed by atoms with Gasteiger partial charge in [0.05, 0.1) is 22.0 Å². The Balaban J connectivity index is 1.71. The predicted octanol–water partition coefficient (Wildman–Crippen LogP) is 1.71. The van der Waals surface area contributed by atoms with Crippen LogP contribution in [0.1, 0.15) is 19.4 Å². The standard InChI is InChI=1S/C18H19Cl3N2O5S/c1-17(2)13(16(26)28-9-18(19,20)21)23-14(25)12(15(23)29(17)27)22-11(24)8-10-6-4-3-5-7-10/h3-7,12-13,15H,8-9H2,1-2H3,(H,22,24)/t12-,13-,15-,29+/m0/s1. The van der Waals surface area contributed by atoms with Crippen molar-refractivity contribution in [3.8, 4) is 0 Å². The lowest BCUT2D eigenvalue weighted by atomic mass is 9.96. The van der Waals surface area contributed by atoms with E-state index in [0.29, 0.717) is 0 Å². The number of fused-ring (bicyclic) bond motifs is 1. The van der Waals surface area contributed by atoms with E-state index in [9.17, 15) is 18.6 Å². The maximum absolute atomic E-state index is 13.0. The molecule has 2 aliphatic rings. The zero-order valence-corrected chi connectivity index (χ0v) is 18.6. The molecule has 0 spiro atoms. The van der Waals surface area contributed by atoms with Crippen LogP contribution in [0.5, 0.6) is 0 Å². The highest BCUT2D eigenvalue weighted by Crippen LogP contribution is 2.44. The molecule has 0 aromatic heterocycles. The number of alkyl halides is 3. The Morgan fingerprint density at radius 3 is 2.45 bits per heavy atom. The Bertz CT molecular complexity index is 859. The molecule has 0 saturated carbocycles. The second-order valence-corrected chi connectivity index (χ2v) is 12.0. The first kappa shape index (κ1) is 22.3. The number of β-lactam (4-membered cyclic amide) rings is 1. The lowest BCUT2D eigenvalue weighted by Crippen LogP contribution is -2.71. The number of halogens is 3. The SMILES string of the molecule is CC1(C)[C@H](C(=O)OCC(Cl)(Cl)Cl)N2C(=O)[C@H](NC(=O)Cc3ccccc3)[C@@H]2[S@]1=O. The average molecular weight is 482 g/mol. The number of ether oxygens (including phenoxy) is 1. The molecule has 2 saturated heterocycles. The minimum Gasteiger partial charge on any atom is -0.460 e. The molecule has 1 aromatic carbocycles. The lowest BCUT2D eigenvalue weighted by molar-refractivity contribution is -0.164. The van der Waals surface area contributed by atoms with E-state index in [2.05, 4.69) is 5.32 Å². The molecule has 1 aromatic rings. The molecule has 2 amide bonds. The lowest BCUT2D eigenvalue weighted by Gasteiger charge is -2.43. The maximum Gasteiger partial charge on any atom is 0.330 e. The van der Waals surface area contributed by atoms with Gasteiger partial charge in [-0.2, -0.15) is 0 Å². The van der Waals surface area contributed by atoms with E-state index >= 15 is 0 Å². The number of nitrogens with one attached hydrogen (secondary N) is 1. The Hall–Kier alpha value is -1.35. The molecule has 29 heavy (non-hydrogen) atoms. The van der Waals surface area contributed by atoms with Crippen molar-refractivity contribution in [3.05, 3.63) is 35.9 Å². The van der Waals surface area contributed by atoms with Crippen LogP contribution in [0.25, 0.3) is 0 Å². The second-order valence-electron chi connectivity index (χ2n) is 7.37. The van der Waals surface area contributed by atoms with Crippen LogP contribution < -0.4 is 5.32 Å². The van der Waals surface area contributed by atoms with Crippen molar-refractivity contribution in [1.29, 1.82) is 0 Å². The molecule has 2 aliphatic heterocycles. The Morgan fingerprint density at radius 1 is 1.24 bits per heavy atom. The van der Waals surface area contributed by atoms with E-state index in [1.807, 2.05) is 6.07 Å². The van der Waals surface area contributed by atoms with Gasteiger partial charge >= 0.3 is 5.97 Å². The fourth-order valence-electron chi connectivity index (χ4n) is 3.51. The molecule has 158 valence electrons. The molecule has 2 heterocycles. The summed E-state index contributed by atoms with van der Waals surface area (Å²) < 4.78 is 15.1. The van der Waals surface area contributed by atoms with Crippen LogP contribution in [0.15, 0.2) is 30.3 Å². The van der Waals surface area contributed by atoms with Crippen molar-refractivity contribution in [2.45, 2.75) is 46.3 Å². The summed E-state index contributed by atoms with van der Waals surface area (Å²) in [4.78, 5) is 38.7. The summed E-state index contributed by atoms with van der Waals surface area (Å²) in [6.07, 6.45) is 0.0854. The number of benzene rings is 1. The molecule has 2 fully saturated rings. The fourth-order valence-corrected chi connectivity index (χ4v) is 5.59. The third kappa shape index (κ3) is 4.40.